The monoisotopic (exact) mass is 1200 g/mol. The summed E-state index contributed by atoms with van der Waals surface area (Å²) < 4.78 is 11.5. The van der Waals surface area contributed by atoms with Gasteiger partial charge in [-0.05, 0) is 113 Å². The average molecular weight is 1210 g/mol. The van der Waals surface area contributed by atoms with Gasteiger partial charge in [0.1, 0.15) is 53.9 Å². The number of esters is 1. The maximum atomic E-state index is 12.2. The second-order valence-corrected chi connectivity index (χ2v) is 41.2. The van der Waals surface area contributed by atoms with Crippen LogP contribution in [0.3, 0.4) is 0 Å². The number of methoxy groups -OCH3 is 1. The maximum Gasteiger partial charge on any atom is 0.311 e. The van der Waals surface area contributed by atoms with Gasteiger partial charge >= 0.3 is 5.97 Å². The second-order valence-electron chi connectivity index (χ2n) is 31.0. The fraction of sp³-hybridized carbons (Fsp3) is 0.649. The highest BCUT2D eigenvalue weighted by molar-refractivity contribution is 7.99. The summed E-state index contributed by atoms with van der Waals surface area (Å²) >= 11 is 0. The number of fused-ring (bicyclic) bond motifs is 8. The minimum absolute atomic E-state index is 0.0323. The fourth-order valence-corrected chi connectivity index (χ4v) is 28.0. The molecular formula is C74H108O5S4+4. The molecule has 8 heterocycles. The third-order valence-corrected chi connectivity index (χ3v) is 31.8. The van der Waals surface area contributed by atoms with Crippen molar-refractivity contribution in [2.24, 2.45) is 5.41 Å². The van der Waals surface area contributed by atoms with Gasteiger partial charge in [0.15, 0.2) is 19.6 Å². The van der Waals surface area contributed by atoms with Crippen LogP contribution in [-0.4, -0.2) is 84.3 Å². The minimum Gasteiger partial charge on any atom is -0.462 e. The van der Waals surface area contributed by atoms with E-state index >= 15 is 0 Å². The van der Waals surface area contributed by atoms with Crippen molar-refractivity contribution in [2.75, 3.05) is 7.11 Å². The van der Waals surface area contributed by atoms with E-state index in [-0.39, 0.29) is 39.8 Å². The number of hydrogen-bond acceptors (Lipinski definition) is 5. The number of benzene rings is 4. The van der Waals surface area contributed by atoms with Gasteiger partial charge in [0.25, 0.3) is 0 Å². The van der Waals surface area contributed by atoms with Crippen LogP contribution < -0.4 is 0 Å². The van der Waals surface area contributed by atoms with Crippen LogP contribution in [0.2, 0.25) is 0 Å². The van der Waals surface area contributed by atoms with Crippen molar-refractivity contribution in [1.82, 2.24) is 0 Å². The van der Waals surface area contributed by atoms with E-state index in [0.717, 1.165) is 59.5 Å². The van der Waals surface area contributed by atoms with Crippen LogP contribution in [0.4, 0.5) is 0 Å². The van der Waals surface area contributed by atoms with E-state index < -0.39 is 5.41 Å². The summed E-state index contributed by atoms with van der Waals surface area (Å²) in [6, 6.07) is 37.4. The Morgan fingerprint density at radius 3 is 0.880 bits per heavy atom. The lowest BCUT2D eigenvalue weighted by atomic mass is 9.87. The highest BCUT2D eigenvalue weighted by Gasteiger charge is 2.56. The average Bonchev–Trinajstić information content (AvgIpc) is 4.26. The minimum atomic E-state index is -0.402. The molecule has 9 heteroatoms. The Morgan fingerprint density at radius 2 is 0.627 bits per heavy atom. The number of carbonyl (C=O) groups excluding carboxylic acids is 2. The van der Waals surface area contributed by atoms with Crippen LogP contribution >= 0.6 is 0 Å². The van der Waals surface area contributed by atoms with Gasteiger partial charge in [0.2, 0.25) is 0 Å². The molecule has 0 spiro atoms. The molecule has 0 radical (unpaired) electrons. The van der Waals surface area contributed by atoms with Crippen molar-refractivity contribution in [1.29, 1.82) is 0 Å². The van der Waals surface area contributed by atoms with Crippen LogP contribution in [0.25, 0.3) is 0 Å². The number of Topliss-reactive ketones (excluding diaryl/α,β-unsaturated/α-hetero) is 1. The van der Waals surface area contributed by atoms with Gasteiger partial charge in [0.05, 0.1) is 30.5 Å². The highest BCUT2D eigenvalue weighted by Crippen LogP contribution is 2.48. The predicted molar refractivity (Wildman–Crippen MR) is 358 cm³/mol. The zero-order chi connectivity index (χ0) is 60.0. The van der Waals surface area contributed by atoms with E-state index in [1.807, 2.05) is 27.9 Å². The van der Waals surface area contributed by atoms with Gasteiger partial charge in [-0.2, -0.15) is 0 Å². The second kappa shape index (κ2) is 26.2. The first-order chi connectivity index (χ1) is 38.9. The van der Waals surface area contributed by atoms with Crippen LogP contribution in [0.15, 0.2) is 117 Å². The van der Waals surface area contributed by atoms with Crippen molar-refractivity contribution in [3.8, 4) is 0 Å². The van der Waals surface area contributed by atoms with Gasteiger partial charge in [0, 0.05) is 141 Å². The maximum absolute atomic E-state index is 12.2. The van der Waals surface area contributed by atoms with E-state index in [4.69, 9.17) is 9.47 Å². The van der Waals surface area contributed by atoms with Gasteiger partial charge in [-0.3, -0.25) is 9.59 Å². The Bertz CT molecular complexity index is 2720. The zero-order valence-corrected chi connectivity index (χ0v) is 57.4. The molecule has 0 aliphatic carbocycles. The molecule has 0 aromatic heterocycles. The summed E-state index contributed by atoms with van der Waals surface area (Å²) in [7, 11) is 3.42. The number of ketones is 1. The van der Waals surface area contributed by atoms with Gasteiger partial charge < -0.3 is 14.6 Å². The fourth-order valence-electron chi connectivity index (χ4n) is 14.6. The largest absolute Gasteiger partial charge is 0.462 e. The molecule has 0 amide bonds. The lowest BCUT2D eigenvalue weighted by Crippen LogP contribution is -2.39. The van der Waals surface area contributed by atoms with Crippen molar-refractivity contribution in [2.45, 2.75) is 308 Å². The molecule has 8 aliphatic heterocycles. The number of ether oxygens (including phenoxy) is 2. The van der Waals surface area contributed by atoms with Crippen molar-refractivity contribution in [3.63, 3.8) is 0 Å². The van der Waals surface area contributed by atoms with Crippen LogP contribution in [0.5, 0.6) is 0 Å². The first-order valence-electron chi connectivity index (χ1n) is 32.2. The molecule has 8 fully saturated rings. The molecule has 8 aliphatic rings. The molecule has 12 rings (SSSR count). The number of rotatable bonds is 6. The molecule has 1 N–H and O–H groups in total. The molecule has 4 aromatic rings. The predicted octanol–water partition coefficient (Wildman–Crippen LogP) is 17.0. The van der Waals surface area contributed by atoms with Crippen LogP contribution in [-0.2, 0) is 84.3 Å². The highest BCUT2D eigenvalue weighted by atomic mass is 32.2. The molecule has 4 aromatic carbocycles. The summed E-state index contributed by atoms with van der Waals surface area (Å²) in [6.07, 6.45) is 19.6. The van der Waals surface area contributed by atoms with Crippen molar-refractivity contribution >= 4 is 55.3 Å². The SMILES string of the molecule is CC(C)(C)C(=O)OC1CC2CCC(C1)[S+]2c1ccc(C(C)(C)C)cc1.CC(C)(C)c1ccc([S+]2C3CCC2CC(=O)C3)cc1.CC(C)(C)c1ccc([S+]2C3CCC2CC(O)C3)cc1.COC1CC2CCC(C1)[S+]2c1ccc(C(C)(C)C)cc1. The number of aliphatic hydroxyl groups excluding tert-OH is 1. The smallest absolute Gasteiger partial charge is 0.311 e. The first-order valence-corrected chi connectivity index (χ1v) is 37.6. The number of hydrogen-bond donors (Lipinski definition) is 1. The number of aliphatic hydroxyl groups is 1. The number of carbonyl (C=O) groups is 2. The zero-order valence-electron chi connectivity index (χ0n) is 54.1. The molecule has 0 saturated carbocycles. The Morgan fingerprint density at radius 1 is 0.386 bits per heavy atom. The topological polar surface area (TPSA) is 72.8 Å². The summed E-state index contributed by atoms with van der Waals surface area (Å²) in [5, 5.41) is 15.8. The molecule has 8 bridgehead atoms. The van der Waals surface area contributed by atoms with Crippen LogP contribution in [0.1, 0.15) is 229 Å². The summed E-state index contributed by atoms with van der Waals surface area (Å²) in [4.78, 5) is 30.1. The van der Waals surface area contributed by atoms with E-state index in [0.29, 0.717) is 76.5 Å². The normalized spacial score (nSPS) is 31.9. The molecular weight excluding hydrogens is 1100 g/mol. The third kappa shape index (κ3) is 15.8. The molecule has 8 saturated heterocycles. The molecule has 8 atom stereocenters. The van der Waals surface area contributed by atoms with Crippen LogP contribution in [0, 0.1) is 5.41 Å². The molecule has 5 nitrogen and oxygen atoms in total. The summed E-state index contributed by atoms with van der Waals surface area (Å²) in [5.41, 5.74) is 6.20. The van der Waals surface area contributed by atoms with E-state index in [1.54, 1.807) is 4.90 Å². The third-order valence-electron chi connectivity index (χ3n) is 19.4. The molecule has 454 valence electrons. The van der Waals surface area contributed by atoms with Crippen molar-refractivity contribution < 1.29 is 24.2 Å². The quantitative estimate of drug-likeness (QED) is 0.154. The Balaban J connectivity index is 0.000000134. The van der Waals surface area contributed by atoms with Gasteiger partial charge in [-0.25, -0.2) is 0 Å². The lowest BCUT2D eigenvalue weighted by Gasteiger charge is -2.30. The standard InChI is InChI=1S/C22H33O2S.C18H27OS.C17H25OS.C17H23OS/c1-21(2,3)15-7-9-17(10-8-15)25-18-11-12-19(25)14-16(13-18)24-20(23)22(4,5)6;1-18(2,3)13-5-7-15(8-6-13)20-16-9-10-17(20)12-14(11-16)19-4;2*1-17(2,3)12-4-6-14(7-5-12)19-15-8-9-16(19)11-13(18)10-15/h7-10,16,18-19H,11-14H2,1-6H3;5-8,14,16-17H,9-12H2,1-4H3;4-7,13,15-16,18H,8-11H2,1-3H3;4-7,15-16H,8-11H2,1-3H3/q4*+1. The molecule has 8 unspecified atom stereocenters. The summed E-state index contributed by atoms with van der Waals surface area (Å²) in [6.45, 7) is 33.1. The Labute approximate surface area is 516 Å². The van der Waals surface area contributed by atoms with Crippen molar-refractivity contribution in [3.05, 3.63) is 119 Å². The van der Waals surface area contributed by atoms with Gasteiger partial charge in [-0.1, -0.05) is 132 Å². The Kier molecular flexibility index (Phi) is 20.5. The lowest BCUT2D eigenvalue weighted by molar-refractivity contribution is -0.159. The van der Waals surface area contributed by atoms with E-state index in [1.165, 1.54) is 101 Å². The first kappa shape index (κ1) is 64.8. The van der Waals surface area contributed by atoms with E-state index in [9.17, 15) is 14.7 Å². The Hall–Kier alpha value is -2.66. The van der Waals surface area contributed by atoms with E-state index in [2.05, 4.69) is 180 Å². The molecule has 83 heavy (non-hydrogen) atoms. The van der Waals surface area contributed by atoms with Gasteiger partial charge in [-0.15, -0.1) is 0 Å². The summed E-state index contributed by atoms with van der Waals surface area (Å²) in [5.74, 6) is 0.454.